The molecule has 0 aromatic heterocycles. The highest BCUT2D eigenvalue weighted by molar-refractivity contribution is 7.99. The van der Waals surface area contributed by atoms with Crippen molar-refractivity contribution in [3.05, 3.63) is 30.1 Å². The van der Waals surface area contributed by atoms with Crippen LogP contribution in [0.3, 0.4) is 0 Å². The smallest absolute Gasteiger partial charge is 0.191 e. The second kappa shape index (κ2) is 12.9. The molecule has 0 aliphatic carbocycles. The van der Waals surface area contributed by atoms with Gasteiger partial charge in [0.15, 0.2) is 5.96 Å². The lowest BCUT2D eigenvalue weighted by molar-refractivity contribution is 0.0171. The van der Waals surface area contributed by atoms with Crippen molar-refractivity contribution in [3.8, 4) is 0 Å². The van der Waals surface area contributed by atoms with E-state index in [-0.39, 0.29) is 11.9 Å². The van der Waals surface area contributed by atoms with Crippen molar-refractivity contribution >= 4 is 17.7 Å². The van der Waals surface area contributed by atoms with Gasteiger partial charge in [0.1, 0.15) is 5.82 Å². The molecule has 2 rings (SSSR count). The van der Waals surface area contributed by atoms with Gasteiger partial charge in [0.25, 0.3) is 0 Å². The lowest BCUT2D eigenvalue weighted by Crippen LogP contribution is -2.38. The number of ether oxygens (including phenoxy) is 2. The van der Waals surface area contributed by atoms with E-state index in [1.54, 1.807) is 23.9 Å². The van der Waals surface area contributed by atoms with Gasteiger partial charge < -0.3 is 20.1 Å². The van der Waals surface area contributed by atoms with E-state index in [9.17, 15) is 4.39 Å². The van der Waals surface area contributed by atoms with Crippen LogP contribution in [-0.2, 0) is 9.47 Å². The van der Waals surface area contributed by atoms with Gasteiger partial charge in [-0.05, 0) is 50.5 Å². The van der Waals surface area contributed by atoms with Gasteiger partial charge in [-0.2, -0.15) is 0 Å². The Morgan fingerprint density at radius 2 is 2.19 bits per heavy atom. The van der Waals surface area contributed by atoms with Crippen molar-refractivity contribution in [2.45, 2.75) is 37.2 Å². The summed E-state index contributed by atoms with van der Waals surface area (Å²) >= 11 is 1.69. The summed E-state index contributed by atoms with van der Waals surface area (Å²) in [6, 6.07) is 6.58. The summed E-state index contributed by atoms with van der Waals surface area (Å²) in [7, 11) is 0. The third kappa shape index (κ3) is 8.87. The van der Waals surface area contributed by atoms with Crippen molar-refractivity contribution < 1.29 is 13.9 Å². The minimum absolute atomic E-state index is 0.200. The third-order valence-corrected chi connectivity index (χ3v) is 4.88. The number of halogens is 1. The minimum Gasteiger partial charge on any atom is -0.379 e. The zero-order chi connectivity index (χ0) is 18.5. The number of hydrogen-bond donors (Lipinski definition) is 2. The fourth-order valence-corrected chi connectivity index (χ4v) is 3.33. The first-order chi connectivity index (χ1) is 12.8. The Balaban J connectivity index is 1.55. The molecule has 1 aliphatic rings. The van der Waals surface area contributed by atoms with E-state index in [0.29, 0.717) is 13.2 Å². The van der Waals surface area contributed by atoms with Crippen molar-refractivity contribution in [2.75, 3.05) is 45.2 Å². The maximum absolute atomic E-state index is 12.9. The Hall–Kier alpha value is -1.31. The normalized spacial score (nSPS) is 17.5. The Labute approximate surface area is 160 Å². The molecule has 7 heteroatoms. The average Bonchev–Trinajstić information content (AvgIpc) is 3.16. The van der Waals surface area contributed by atoms with Gasteiger partial charge >= 0.3 is 0 Å². The van der Waals surface area contributed by atoms with Gasteiger partial charge in [0.05, 0.1) is 12.7 Å². The highest BCUT2D eigenvalue weighted by Crippen LogP contribution is 2.17. The molecule has 2 N–H and O–H groups in total. The monoisotopic (exact) mass is 383 g/mol. The molecule has 1 aromatic carbocycles. The molecule has 1 fully saturated rings. The first kappa shape index (κ1) is 21.0. The molecule has 1 aliphatic heterocycles. The van der Waals surface area contributed by atoms with Crippen molar-refractivity contribution in [1.82, 2.24) is 10.6 Å². The summed E-state index contributed by atoms with van der Waals surface area (Å²) in [5.74, 6) is 1.51. The molecule has 1 unspecified atom stereocenters. The zero-order valence-corrected chi connectivity index (χ0v) is 16.3. The molecule has 0 bridgehead atoms. The highest BCUT2D eigenvalue weighted by atomic mass is 32.2. The number of nitrogens with one attached hydrogen (secondary N) is 2. The summed E-state index contributed by atoms with van der Waals surface area (Å²) in [4.78, 5) is 5.63. The Kier molecular flexibility index (Phi) is 10.5. The average molecular weight is 384 g/mol. The summed E-state index contributed by atoms with van der Waals surface area (Å²) in [6.07, 6.45) is 3.45. The van der Waals surface area contributed by atoms with E-state index in [2.05, 4.69) is 22.5 Å². The first-order valence-corrected chi connectivity index (χ1v) is 10.4. The van der Waals surface area contributed by atoms with E-state index in [0.717, 1.165) is 62.1 Å². The molecule has 0 radical (unpaired) electrons. The van der Waals surface area contributed by atoms with Crippen molar-refractivity contribution in [3.63, 3.8) is 0 Å². The minimum atomic E-state index is -0.200. The van der Waals surface area contributed by atoms with Gasteiger partial charge in [0.2, 0.25) is 0 Å². The largest absolute Gasteiger partial charge is 0.379 e. The Morgan fingerprint density at radius 3 is 2.92 bits per heavy atom. The predicted octanol–water partition coefficient (Wildman–Crippen LogP) is 3.06. The molecule has 0 spiro atoms. The zero-order valence-electron chi connectivity index (χ0n) is 15.5. The summed E-state index contributed by atoms with van der Waals surface area (Å²) in [5.41, 5.74) is 0. The van der Waals surface area contributed by atoms with Crippen molar-refractivity contribution in [2.24, 2.45) is 4.99 Å². The first-order valence-electron chi connectivity index (χ1n) is 9.38. The van der Waals surface area contributed by atoms with Gasteiger partial charge in [0, 0.05) is 43.5 Å². The lowest BCUT2D eigenvalue weighted by Gasteiger charge is -2.12. The van der Waals surface area contributed by atoms with Gasteiger partial charge in [-0.3, -0.25) is 4.99 Å². The summed E-state index contributed by atoms with van der Waals surface area (Å²) < 4.78 is 24.1. The predicted molar refractivity (Wildman–Crippen MR) is 106 cm³/mol. The molecule has 1 saturated heterocycles. The molecular weight excluding hydrogens is 353 g/mol. The van der Waals surface area contributed by atoms with E-state index >= 15 is 0 Å². The van der Waals surface area contributed by atoms with Crippen LogP contribution in [0.1, 0.15) is 26.2 Å². The maximum Gasteiger partial charge on any atom is 0.191 e. The molecule has 1 atom stereocenters. The van der Waals surface area contributed by atoms with E-state index in [1.165, 1.54) is 12.1 Å². The van der Waals surface area contributed by atoms with E-state index < -0.39 is 0 Å². The number of aliphatic imine (C=N–C) groups is 1. The molecule has 1 heterocycles. The molecule has 0 saturated carbocycles. The number of nitrogens with zero attached hydrogens (tertiary/aromatic N) is 1. The number of hydrogen-bond acceptors (Lipinski definition) is 4. The number of guanidine groups is 1. The van der Waals surface area contributed by atoms with E-state index in [1.807, 2.05) is 0 Å². The molecule has 5 nitrogen and oxygen atoms in total. The Morgan fingerprint density at radius 1 is 1.35 bits per heavy atom. The van der Waals surface area contributed by atoms with Gasteiger partial charge in [-0.1, -0.05) is 0 Å². The van der Waals surface area contributed by atoms with Gasteiger partial charge in [-0.15, -0.1) is 11.8 Å². The molecule has 146 valence electrons. The SMILES string of the molecule is CCNC(=NCCCOCC1CCCO1)NCCSc1ccc(F)cc1. The van der Waals surface area contributed by atoms with Crippen molar-refractivity contribution in [1.29, 1.82) is 0 Å². The standard InChI is InChI=1S/C19H30FN3O2S/c1-2-21-19(22-10-4-12-24-15-17-5-3-13-25-17)23-11-14-26-18-8-6-16(20)7-9-18/h6-9,17H,2-5,10-15H2,1H3,(H2,21,22,23). The van der Waals surface area contributed by atoms with Gasteiger partial charge in [-0.25, -0.2) is 4.39 Å². The molecule has 26 heavy (non-hydrogen) atoms. The van der Waals surface area contributed by atoms with Crippen LogP contribution >= 0.6 is 11.8 Å². The number of rotatable bonds is 11. The Bertz CT molecular complexity index is 522. The highest BCUT2D eigenvalue weighted by Gasteiger charge is 2.14. The fraction of sp³-hybridized carbons (Fsp3) is 0.632. The fourth-order valence-electron chi connectivity index (χ4n) is 2.56. The second-order valence-electron chi connectivity index (χ2n) is 6.05. The van der Waals surface area contributed by atoms with Crippen LogP contribution in [0.15, 0.2) is 34.2 Å². The van der Waals surface area contributed by atoms with Crippen LogP contribution in [0, 0.1) is 5.82 Å². The summed E-state index contributed by atoms with van der Waals surface area (Å²) in [5, 5.41) is 6.56. The van der Waals surface area contributed by atoms with Crippen LogP contribution in [0.2, 0.25) is 0 Å². The third-order valence-electron chi connectivity index (χ3n) is 3.87. The number of benzene rings is 1. The van der Waals surface area contributed by atoms with Crippen LogP contribution in [0.4, 0.5) is 4.39 Å². The molecular formula is C19H30FN3O2S. The van der Waals surface area contributed by atoms with Crippen LogP contribution in [0.5, 0.6) is 0 Å². The maximum atomic E-state index is 12.9. The number of thioether (sulfide) groups is 1. The van der Waals surface area contributed by atoms with E-state index in [4.69, 9.17) is 9.47 Å². The molecule has 1 aromatic rings. The van der Waals surface area contributed by atoms with Crippen LogP contribution in [-0.4, -0.2) is 57.3 Å². The quantitative estimate of drug-likeness (QED) is 0.266. The molecule has 0 amide bonds. The van der Waals surface area contributed by atoms with Crippen LogP contribution in [0.25, 0.3) is 0 Å². The second-order valence-corrected chi connectivity index (χ2v) is 7.22. The van der Waals surface area contributed by atoms with Crippen LogP contribution < -0.4 is 10.6 Å². The summed E-state index contributed by atoms with van der Waals surface area (Å²) in [6.45, 7) is 6.68. The lowest BCUT2D eigenvalue weighted by atomic mass is 10.2. The topological polar surface area (TPSA) is 54.9 Å².